The summed E-state index contributed by atoms with van der Waals surface area (Å²) in [5, 5.41) is 0. The lowest BCUT2D eigenvalue weighted by Gasteiger charge is -1.88. The van der Waals surface area contributed by atoms with Crippen LogP contribution in [0.1, 0.15) is 20.8 Å². The lowest BCUT2D eigenvalue weighted by molar-refractivity contribution is 0.582. The first-order chi connectivity index (χ1) is 3.60. The van der Waals surface area contributed by atoms with Gasteiger partial charge in [-0.2, -0.15) is 0 Å². The summed E-state index contributed by atoms with van der Waals surface area (Å²) < 4.78 is 0. The SMILES string of the molecule is [C-]#[N+]C1C(C)C1(C)C. The van der Waals surface area contributed by atoms with Gasteiger partial charge in [0.2, 0.25) is 6.04 Å². The summed E-state index contributed by atoms with van der Waals surface area (Å²) in [5.41, 5.74) is 0.321. The molecule has 1 nitrogen and oxygen atoms in total. The van der Waals surface area contributed by atoms with Crippen molar-refractivity contribution in [3.63, 3.8) is 0 Å². The van der Waals surface area contributed by atoms with Crippen LogP contribution in [0.2, 0.25) is 0 Å². The van der Waals surface area contributed by atoms with Gasteiger partial charge in [0.1, 0.15) is 0 Å². The monoisotopic (exact) mass is 109 g/mol. The molecule has 0 aliphatic heterocycles. The fourth-order valence-corrected chi connectivity index (χ4v) is 1.14. The van der Waals surface area contributed by atoms with Crippen LogP contribution in [0.15, 0.2) is 0 Å². The predicted octanol–water partition coefficient (Wildman–Crippen LogP) is 1.95. The van der Waals surface area contributed by atoms with Crippen molar-refractivity contribution in [3.05, 3.63) is 11.4 Å². The lowest BCUT2D eigenvalue weighted by atomic mass is 10.1. The fraction of sp³-hybridized carbons (Fsp3) is 0.857. The van der Waals surface area contributed by atoms with E-state index in [1.165, 1.54) is 0 Å². The van der Waals surface area contributed by atoms with E-state index in [1.807, 2.05) is 0 Å². The van der Waals surface area contributed by atoms with Gasteiger partial charge in [-0.3, -0.25) is 0 Å². The van der Waals surface area contributed by atoms with Crippen molar-refractivity contribution < 1.29 is 0 Å². The summed E-state index contributed by atoms with van der Waals surface area (Å²) in [6.07, 6.45) is 0. The first-order valence-electron chi connectivity index (χ1n) is 2.97. The Labute approximate surface area is 50.5 Å². The molecule has 0 aromatic carbocycles. The maximum absolute atomic E-state index is 6.73. The topological polar surface area (TPSA) is 4.36 Å². The van der Waals surface area contributed by atoms with Gasteiger partial charge in [-0.15, -0.1) is 0 Å². The molecule has 2 unspecified atom stereocenters. The van der Waals surface area contributed by atoms with Crippen LogP contribution >= 0.6 is 0 Å². The molecule has 1 saturated carbocycles. The maximum Gasteiger partial charge on any atom is 0.232 e. The highest BCUT2D eigenvalue weighted by Crippen LogP contribution is 2.53. The van der Waals surface area contributed by atoms with Crippen LogP contribution in [-0.4, -0.2) is 6.04 Å². The van der Waals surface area contributed by atoms with Crippen LogP contribution in [-0.2, 0) is 0 Å². The summed E-state index contributed by atoms with van der Waals surface area (Å²) >= 11 is 0. The molecular weight excluding hydrogens is 98.1 g/mol. The molecule has 8 heavy (non-hydrogen) atoms. The van der Waals surface area contributed by atoms with E-state index in [4.69, 9.17) is 6.57 Å². The fourth-order valence-electron chi connectivity index (χ4n) is 1.14. The molecule has 0 aromatic rings. The van der Waals surface area contributed by atoms with Gasteiger partial charge in [-0.25, -0.2) is 6.57 Å². The summed E-state index contributed by atoms with van der Waals surface area (Å²) in [7, 11) is 0. The van der Waals surface area contributed by atoms with Crippen molar-refractivity contribution in [2.75, 3.05) is 0 Å². The summed E-state index contributed by atoms with van der Waals surface area (Å²) in [6, 6.07) is 0.308. The predicted molar refractivity (Wildman–Crippen MR) is 33.3 cm³/mol. The second-order valence-corrected chi connectivity index (χ2v) is 3.18. The molecule has 0 spiro atoms. The highest BCUT2D eigenvalue weighted by atomic mass is 14.9. The van der Waals surface area contributed by atoms with E-state index in [9.17, 15) is 0 Å². The smallest absolute Gasteiger partial charge is 0.232 e. The minimum absolute atomic E-state index is 0.308. The van der Waals surface area contributed by atoms with E-state index < -0.39 is 0 Å². The third kappa shape index (κ3) is 0.461. The van der Waals surface area contributed by atoms with E-state index in [1.54, 1.807) is 0 Å². The van der Waals surface area contributed by atoms with Crippen LogP contribution in [0.25, 0.3) is 4.85 Å². The van der Waals surface area contributed by atoms with E-state index >= 15 is 0 Å². The second kappa shape index (κ2) is 1.25. The molecule has 0 N–H and O–H groups in total. The van der Waals surface area contributed by atoms with E-state index in [-0.39, 0.29) is 0 Å². The molecule has 1 aliphatic rings. The molecule has 0 amide bonds. The maximum atomic E-state index is 6.73. The zero-order valence-electron chi connectivity index (χ0n) is 5.60. The van der Waals surface area contributed by atoms with Gasteiger partial charge in [0.05, 0.1) is 5.41 Å². The molecule has 0 radical (unpaired) electrons. The third-order valence-corrected chi connectivity index (χ3v) is 2.44. The van der Waals surface area contributed by atoms with Crippen molar-refractivity contribution in [2.24, 2.45) is 11.3 Å². The molecule has 0 aromatic heterocycles. The average Bonchev–Trinajstić information content (AvgIpc) is 2.09. The molecule has 0 heterocycles. The first kappa shape index (κ1) is 5.62. The largest absolute Gasteiger partial charge is 0.313 e. The van der Waals surface area contributed by atoms with E-state index in [0.717, 1.165) is 0 Å². The summed E-state index contributed by atoms with van der Waals surface area (Å²) in [6.45, 7) is 13.2. The molecule has 1 rings (SSSR count). The number of hydrogen-bond donors (Lipinski definition) is 0. The van der Waals surface area contributed by atoms with Gasteiger partial charge < -0.3 is 4.85 Å². The van der Waals surface area contributed by atoms with Gasteiger partial charge in [-0.05, 0) is 0 Å². The summed E-state index contributed by atoms with van der Waals surface area (Å²) in [5.74, 6) is 0.625. The minimum Gasteiger partial charge on any atom is -0.313 e. The van der Waals surface area contributed by atoms with Gasteiger partial charge in [0, 0.05) is 5.92 Å². The molecule has 0 saturated heterocycles. The Balaban J connectivity index is 2.62. The highest BCUT2D eigenvalue weighted by Gasteiger charge is 2.61. The Bertz CT molecular complexity index is 141. The first-order valence-corrected chi connectivity index (χ1v) is 2.97. The van der Waals surface area contributed by atoms with Crippen molar-refractivity contribution in [1.82, 2.24) is 0 Å². The number of nitrogens with zero attached hydrogens (tertiary/aromatic N) is 1. The molecular formula is C7H11N. The Hall–Kier alpha value is -0.510. The third-order valence-electron chi connectivity index (χ3n) is 2.44. The van der Waals surface area contributed by atoms with Crippen LogP contribution in [0.5, 0.6) is 0 Å². The average molecular weight is 109 g/mol. The van der Waals surface area contributed by atoms with Crippen LogP contribution in [0, 0.1) is 17.9 Å². The molecule has 0 bridgehead atoms. The van der Waals surface area contributed by atoms with E-state index in [0.29, 0.717) is 17.4 Å². The lowest BCUT2D eigenvalue weighted by Crippen LogP contribution is -1.88. The van der Waals surface area contributed by atoms with Crippen molar-refractivity contribution in [1.29, 1.82) is 0 Å². The zero-order valence-corrected chi connectivity index (χ0v) is 5.60. The van der Waals surface area contributed by atoms with E-state index in [2.05, 4.69) is 25.6 Å². The quantitative estimate of drug-likeness (QED) is 0.419. The molecule has 1 fully saturated rings. The summed E-state index contributed by atoms with van der Waals surface area (Å²) in [4.78, 5) is 3.48. The van der Waals surface area contributed by atoms with Crippen molar-refractivity contribution in [2.45, 2.75) is 26.8 Å². The van der Waals surface area contributed by atoms with Gasteiger partial charge >= 0.3 is 0 Å². The number of rotatable bonds is 0. The van der Waals surface area contributed by atoms with Crippen molar-refractivity contribution >= 4 is 0 Å². The second-order valence-electron chi connectivity index (χ2n) is 3.18. The van der Waals surface area contributed by atoms with Gasteiger partial charge in [0.25, 0.3) is 0 Å². The van der Waals surface area contributed by atoms with Gasteiger partial charge in [-0.1, -0.05) is 20.8 Å². The van der Waals surface area contributed by atoms with Crippen LogP contribution < -0.4 is 0 Å². The number of hydrogen-bond acceptors (Lipinski definition) is 0. The molecule has 1 aliphatic carbocycles. The standard InChI is InChI=1S/C7H11N/c1-5-6(8-4)7(5,2)3/h5-6H,1-3H3. The van der Waals surface area contributed by atoms with Crippen LogP contribution in [0.3, 0.4) is 0 Å². The Kier molecular flexibility index (Phi) is 0.881. The van der Waals surface area contributed by atoms with Crippen LogP contribution in [0.4, 0.5) is 0 Å². The molecule has 1 heteroatoms. The highest BCUT2D eigenvalue weighted by molar-refractivity contribution is 5.14. The zero-order chi connectivity index (χ0) is 6.36. The minimum atomic E-state index is 0.308. The normalized spacial score (nSPS) is 40.8. The Morgan fingerprint density at radius 1 is 1.50 bits per heavy atom. The Morgan fingerprint density at radius 3 is 1.88 bits per heavy atom. The molecule has 2 atom stereocenters. The van der Waals surface area contributed by atoms with Gasteiger partial charge in [0.15, 0.2) is 0 Å². The molecule has 44 valence electrons. The Morgan fingerprint density at radius 2 is 1.88 bits per heavy atom. The van der Waals surface area contributed by atoms with Crippen molar-refractivity contribution in [3.8, 4) is 0 Å².